The lowest BCUT2D eigenvalue weighted by Gasteiger charge is -2.27. The predicted molar refractivity (Wildman–Crippen MR) is 85.0 cm³/mol. The lowest BCUT2D eigenvalue weighted by molar-refractivity contribution is -0.132. The number of carbonyl (C=O) groups is 2. The molecule has 3 amide bonds. The van der Waals surface area contributed by atoms with Gasteiger partial charge in [-0.05, 0) is 30.9 Å². The van der Waals surface area contributed by atoms with Gasteiger partial charge in [-0.15, -0.1) is 0 Å². The van der Waals surface area contributed by atoms with Crippen LogP contribution in [0.2, 0.25) is 0 Å². The first kappa shape index (κ1) is 16.3. The molecule has 1 aromatic carbocycles. The standard InChI is InChI=1S/C16H24N4O2/c1-11-5-2-3-7-13(11)14(19-16(18)22)9-15(21)20-8-4-6-12(20)10-17/h2-3,5,7,12,14H,4,6,8-10,17H2,1H3,(H3,18,19,22). The second-order valence-electron chi connectivity index (χ2n) is 5.74. The van der Waals surface area contributed by atoms with E-state index in [1.165, 1.54) is 0 Å². The van der Waals surface area contributed by atoms with Crippen molar-refractivity contribution in [1.82, 2.24) is 10.2 Å². The molecule has 0 saturated carbocycles. The largest absolute Gasteiger partial charge is 0.352 e. The molecule has 5 N–H and O–H groups in total. The van der Waals surface area contributed by atoms with Gasteiger partial charge in [0.1, 0.15) is 0 Å². The fourth-order valence-corrected chi connectivity index (χ4v) is 3.09. The topological polar surface area (TPSA) is 101 Å². The first-order valence-corrected chi connectivity index (χ1v) is 7.64. The summed E-state index contributed by atoms with van der Waals surface area (Å²) >= 11 is 0. The van der Waals surface area contributed by atoms with E-state index >= 15 is 0 Å². The van der Waals surface area contributed by atoms with Gasteiger partial charge in [0.25, 0.3) is 0 Å². The van der Waals surface area contributed by atoms with E-state index in [1.807, 2.05) is 36.1 Å². The highest BCUT2D eigenvalue weighted by molar-refractivity contribution is 5.79. The first-order chi connectivity index (χ1) is 10.5. The average Bonchev–Trinajstić information content (AvgIpc) is 2.95. The number of benzene rings is 1. The molecule has 6 heteroatoms. The molecular formula is C16H24N4O2. The third kappa shape index (κ3) is 3.76. The van der Waals surface area contributed by atoms with Crippen LogP contribution in [0.4, 0.5) is 4.79 Å². The number of likely N-dealkylation sites (tertiary alicyclic amines) is 1. The molecule has 1 aromatic rings. The molecule has 0 aromatic heterocycles. The minimum atomic E-state index is -0.627. The average molecular weight is 304 g/mol. The molecule has 0 radical (unpaired) electrons. The Labute approximate surface area is 130 Å². The van der Waals surface area contributed by atoms with Crippen LogP contribution in [-0.4, -0.2) is 36.0 Å². The van der Waals surface area contributed by atoms with E-state index in [0.29, 0.717) is 6.54 Å². The van der Waals surface area contributed by atoms with Crippen molar-refractivity contribution in [2.24, 2.45) is 11.5 Å². The van der Waals surface area contributed by atoms with Crippen LogP contribution in [0.3, 0.4) is 0 Å². The lowest BCUT2D eigenvalue weighted by Crippen LogP contribution is -2.42. The van der Waals surface area contributed by atoms with E-state index in [9.17, 15) is 9.59 Å². The third-order valence-electron chi connectivity index (χ3n) is 4.23. The Morgan fingerprint density at radius 2 is 2.14 bits per heavy atom. The number of urea groups is 1. The van der Waals surface area contributed by atoms with Gasteiger partial charge in [-0.1, -0.05) is 24.3 Å². The van der Waals surface area contributed by atoms with Crippen LogP contribution >= 0.6 is 0 Å². The van der Waals surface area contributed by atoms with Crippen molar-refractivity contribution in [2.45, 2.75) is 38.3 Å². The summed E-state index contributed by atoms with van der Waals surface area (Å²) in [5.74, 6) is 0.00922. The van der Waals surface area contributed by atoms with Gasteiger partial charge >= 0.3 is 6.03 Å². The number of amides is 3. The molecule has 0 spiro atoms. The molecule has 1 saturated heterocycles. The Kier molecular flexibility index (Phi) is 5.38. The summed E-state index contributed by atoms with van der Waals surface area (Å²) in [5, 5.41) is 2.68. The van der Waals surface area contributed by atoms with Crippen molar-refractivity contribution >= 4 is 11.9 Å². The summed E-state index contributed by atoms with van der Waals surface area (Å²) in [6, 6.07) is 6.75. The third-order valence-corrected chi connectivity index (χ3v) is 4.23. The molecule has 0 bridgehead atoms. The van der Waals surface area contributed by atoms with Crippen LogP contribution in [-0.2, 0) is 4.79 Å². The molecule has 0 aliphatic carbocycles. The zero-order valence-corrected chi connectivity index (χ0v) is 12.9. The smallest absolute Gasteiger partial charge is 0.312 e. The van der Waals surface area contributed by atoms with Crippen molar-refractivity contribution in [3.05, 3.63) is 35.4 Å². The molecule has 1 heterocycles. The minimum absolute atomic E-state index is 0.00922. The summed E-state index contributed by atoms with van der Waals surface area (Å²) in [4.78, 5) is 25.7. The molecule has 2 atom stereocenters. The van der Waals surface area contributed by atoms with Gasteiger partial charge < -0.3 is 21.7 Å². The van der Waals surface area contributed by atoms with Crippen molar-refractivity contribution in [3.8, 4) is 0 Å². The molecule has 1 fully saturated rings. The highest BCUT2D eigenvalue weighted by Crippen LogP contribution is 2.24. The monoisotopic (exact) mass is 304 g/mol. The number of nitrogens with two attached hydrogens (primary N) is 2. The number of hydrogen-bond acceptors (Lipinski definition) is 3. The van der Waals surface area contributed by atoms with E-state index in [2.05, 4.69) is 5.32 Å². The van der Waals surface area contributed by atoms with Gasteiger partial charge in [-0.2, -0.15) is 0 Å². The van der Waals surface area contributed by atoms with Crippen LogP contribution in [0.15, 0.2) is 24.3 Å². The number of rotatable bonds is 5. The lowest BCUT2D eigenvalue weighted by atomic mass is 9.98. The van der Waals surface area contributed by atoms with E-state index in [1.54, 1.807) is 0 Å². The summed E-state index contributed by atoms with van der Waals surface area (Å²) in [6.07, 6.45) is 2.12. The summed E-state index contributed by atoms with van der Waals surface area (Å²) in [6.45, 7) is 3.16. The van der Waals surface area contributed by atoms with E-state index in [0.717, 1.165) is 30.5 Å². The van der Waals surface area contributed by atoms with Crippen molar-refractivity contribution < 1.29 is 9.59 Å². The Hall–Kier alpha value is -2.08. The molecule has 2 rings (SSSR count). The number of hydrogen-bond donors (Lipinski definition) is 3. The van der Waals surface area contributed by atoms with Gasteiger partial charge in [0.05, 0.1) is 12.5 Å². The van der Waals surface area contributed by atoms with Crippen molar-refractivity contribution in [3.63, 3.8) is 0 Å². The number of carbonyl (C=O) groups excluding carboxylic acids is 2. The Morgan fingerprint density at radius 3 is 2.77 bits per heavy atom. The van der Waals surface area contributed by atoms with Gasteiger partial charge in [-0.3, -0.25) is 4.79 Å². The predicted octanol–water partition coefficient (Wildman–Crippen LogP) is 1.04. The van der Waals surface area contributed by atoms with Crippen LogP contribution in [0.1, 0.15) is 36.4 Å². The zero-order valence-electron chi connectivity index (χ0n) is 12.9. The summed E-state index contributed by atoms with van der Waals surface area (Å²) in [5.41, 5.74) is 12.9. The highest BCUT2D eigenvalue weighted by atomic mass is 16.2. The number of aryl methyl sites for hydroxylation is 1. The number of primary amides is 1. The Balaban J connectivity index is 2.15. The number of nitrogens with one attached hydrogen (secondary N) is 1. The summed E-state index contributed by atoms with van der Waals surface area (Å²) < 4.78 is 0. The molecule has 1 aliphatic heterocycles. The summed E-state index contributed by atoms with van der Waals surface area (Å²) in [7, 11) is 0. The van der Waals surface area contributed by atoms with Crippen molar-refractivity contribution in [2.75, 3.05) is 13.1 Å². The highest BCUT2D eigenvalue weighted by Gasteiger charge is 2.30. The van der Waals surface area contributed by atoms with Crippen LogP contribution in [0.5, 0.6) is 0 Å². The van der Waals surface area contributed by atoms with Gasteiger partial charge in [0.2, 0.25) is 5.91 Å². The van der Waals surface area contributed by atoms with Gasteiger partial charge in [-0.25, -0.2) is 4.79 Å². The molecule has 1 aliphatic rings. The van der Waals surface area contributed by atoms with Crippen LogP contribution < -0.4 is 16.8 Å². The maximum absolute atomic E-state index is 12.6. The van der Waals surface area contributed by atoms with E-state index in [-0.39, 0.29) is 18.4 Å². The minimum Gasteiger partial charge on any atom is -0.352 e. The molecule has 22 heavy (non-hydrogen) atoms. The SMILES string of the molecule is Cc1ccccc1C(CC(=O)N1CCCC1CN)NC(N)=O. The quantitative estimate of drug-likeness (QED) is 0.757. The number of nitrogens with zero attached hydrogens (tertiary/aromatic N) is 1. The molecule has 120 valence electrons. The van der Waals surface area contributed by atoms with E-state index in [4.69, 9.17) is 11.5 Å². The second-order valence-corrected chi connectivity index (χ2v) is 5.74. The van der Waals surface area contributed by atoms with Crippen LogP contribution in [0, 0.1) is 6.92 Å². The molecule has 2 unspecified atom stereocenters. The second kappa shape index (κ2) is 7.26. The van der Waals surface area contributed by atoms with E-state index < -0.39 is 12.1 Å². The normalized spacial score (nSPS) is 19.0. The molecule has 6 nitrogen and oxygen atoms in total. The zero-order chi connectivity index (χ0) is 16.1. The van der Waals surface area contributed by atoms with Gasteiger partial charge in [0.15, 0.2) is 0 Å². The maximum atomic E-state index is 12.6. The van der Waals surface area contributed by atoms with Gasteiger partial charge in [0, 0.05) is 19.1 Å². The first-order valence-electron chi connectivity index (χ1n) is 7.64. The maximum Gasteiger partial charge on any atom is 0.312 e. The van der Waals surface area contributed by atoms with Crippen LogP contribution in [0.25, 0.3) is 0 Å². The Bertz CT molecular complexity index is 547. The molecular weight excluding hydrogens is 280 g/mol. The fourth-order valence-electron chi connectivity index (χ4n) is 3.09. The fraction of sp³-hybridized carbons (Fsp3) is 0.500. The van der Waals surface area contributed by atoms with Crippen molar-refractivity contribution in [1.29, 1.82) is 0 Å². The Morgan fingerprint density at radius 1 is 1.41 bits per heavy atom.